The van der Waals surface area contributed by atoms with Crippen LogP contribution in [-0.4, -0.2) is 50.6 Å². The molecule has 1 amide bonds. The molecule has 0 radical (unpaired) electrons. The number of aryl methyl sites for hydroxylation is 1. The van der Waals surface area contributed by atoms with Crippen LogP contribution < -0.4 is 11.2 Å². The quantitative estimate of drug-likeness (QED) is 0.564. The summed E-state index contributed by atoms with van der Waals surface area (Å²) >= 11 is 0. The second kappa shape index (κ2) is 9.01. The van der Waals surface area contributed by atoms with Crippen LogP contribution in [0.5, 0.6) is 0 Å². The number of para-hydroxylation sites is 1. The van der Waals surface area contributed by atoms with Crippen LogP contribution in [0.25, 0.3) is 16.7 Å². The van der Waals surface area contributed by atoms with Gasteiger partial charge in [-0.15, -0.1) is 0 Å². The average molecular weight is 450 g/mol. The first-order valence-corrected chi connectivity index (χ1v) is 10.9. The summed E-state index contributed by atoms with van der Waals surface area (Å²) < 4.78 is 7.04. The Balaban J connectivity index is 2.00. The van der Waals surface area contributed by atoms with Crippen molar-refractivity contribution >= 4 is 22.9 Å². The summed E-state index contributed by atoms with van der Waals surface area (Å²) in [4.78, 5) is 58.8. The second-order valence-corrected chi connectivity index (χ2v) is 8.28. The molecule has 172 valence electrons. The van der Waals surface area contributed by atoms with Crippen molar-refractivity contribution in [2.24, 2.45) is 0 Å². The van der Waals surface area contributed by atoms with E-state index in [0.29, 0.717) is 17.9 Å². The number of likely N-dealkylation sites (tertiary alicyclic amines) is 1. The van der Waals surface area contributed by atoms with Gasteiger partial charge < -0.3 is 9.64 Å². The molecule has 1 aromatic carbocycles. The Morgan fingerprint density at radius 1 is 1.15 bits per heavy atom. The maximum atomic E-state index is 13.6. The van der Waals surface area contributed by atoms with Gasteiger partial charge in [0.2, 0.25) is 5.91 Å². The summed E-state index contributed by atoms with van der Waals surface area (Å²) in [5, 5.41) is -0.0598. The number of hydrogen-bond acceptors (Lipinski definition) is 6. The second-order valence-electron chi connectivity index (χ2n) is 8.28. The normalized spacial score (nSPS) is 16.1. The van der Waals surface area contributed by atoms with Crippen LogP contribution in [0.3, 0.4) is 0 Å². The fourth-order valence-electron chi connectivity index (χ4n) is 4.38. The number of carbonyl (C=O) groups excluding carboxylic acids is 2. The minimum atomic E-state index is -0.743. The summed E-state index contributed by atoms with van der Waals surface area (Å²) in [6.45, 7) is 3.80. The molecule has 4 rings (SSSR count). The number of esters is 1. The van der Waals surface area contributed by atoms with E-state index in [2.05, 4.69) is 4.98 Å². The van der Waals surface area contributed by atoms with Gasteiger partial charge in [0.05, 0.1) is 23.7 Å². The summed E-state index contributed by atoms with van der Waals surface area (Å²) in [5.41, 5.74) is -0.469. The zero-order valence-corrected chi connectivity index (χ0v) is 18.9. The molecule has 0 N–H and O–H groups in total. The lowest BCUT2D eigenvalue weighted by atomic mass is 10.0. The van der Waals surface area contributed by atoms with E-state index in [4.69, 9.17) is 4.74 Å². The fourth-order valence-corrected chi connectivity index (χ4v) is 4.38. The van der Waals surface area contributed by atoms with Crippen molar-refractivity contribution in [1.82, 2.24) is 19.0 Å². The van der Waals surface area contributed by atoms with Crippen LogP contribution in [0, 0.1) is 6.92 Å². The maximum absolute atomic E-state index is 13.6. The molecular formula is C24H26N4O5. The van der Waals surface area contributed by atoms with Crippen molar-refractivity contribution in [2.75, 3.05) is 13.7 Å². The van der Waals surface area contributed by atoms with E-state index >= 15 is 0 Å². The molecule has 1 aliphatic rings. The third kappa shape index (κ3) is 4.06. The maximum Gasteiger partial charge on any atom is 0.338 e. The molecule has 33 heavy (non-hydrogen) atoms. The van der Waals surface area contributed by atoms with E-state index in [1.165, 1.54) is 17.7 Å². The molecule has 0 unspecified atom stereocenters. The molecule has 0 bridgehead atoms. The van der Waals surface area contributed by atoms with Gasteiger partial charge in [-0.2, -0.15) is 0 Å². The van der Waals surface area contributed by atoms with Crippen molar-refractivity contribution in [3.8, 4) is 5.69 Å². The lowest BCUT2D eigenvalue weighted by Crippen LogP contribution is -2.48. The first-order chi connectivity index (χ1) is 15.8. The van der Waals surface area contributed by atoms with E-state index < -0.39 is 23.8 Å². The number of methoxy groups -OCH3 is 1. The van der Waals surface area contributed by atoms with Crippen molar-refractivity contribution in [3.63, 3.8) is 0 Å². The highest BCUT2D eigenvalue weighted by Crippen LogP contribution is 2.19. The lowest BCUT2D eigenvalue weighted by molar-refractivity contribution is -0.135. The third-order valence-electron chi connectivity index (χ3n) is 6.06. The molecule has 1 aliphatic heterocycles. The van der Waals surface area contributed by atoms with Crippen molar-refractivity contribution in [2.45, 2.75) is 45.7 Å². The molecule has 3 heterocycles. The smallest absolute Gasteiger partial charge is 0.338 e. The molecule has 0 aliphatic carbocycles. The van der Waals surface area contributed by atoms with Gasteiger partial charge in [-0.1, -0.05) is 18.2 Å². The molecule has 1 atom stereocenters. The summed E-state index contributed by atoms with van der Waals surface area (Å²) in [6, 6.07) is 10.2. The Kier molecular flexibility index (Phi) is 6.13. The largest absolute Gasteiger partial charge is 0.465 e. The van der Waals surface area contributed by atoms with Crippen LogP contribution in [0.1, 0.15) is 42.2 Å². The van der Waals surface area contributed by atoms with Gasteiger partial charge in [0.25, 0.3) is 5.56 Å². The zero-order chi connectivity index (χ0) is 23.7. The van der Waals surface area contributed by atoms with E-state index in [-0.39, 0.29) is 28.5 Å². The Bertz CT molecular complexity index is 1340. The number of hydrogen-bond donors (Lipinski definition) is 0. The number of piperidine rings is 1. The van der Waals surface area contributed by atoms with E-state index in [0.717, 1.165) is 23.8 Å². The number of ether oxygens (including phenoxy) is 1. The first kappa shape index (κ1) is 22.4. The number of carbonyl (C=O) groups is 2. The number of benzene rings is 1. The molecule has 9 heteroatoms. The molecule has 1 fully saturated rings. The molecule has 3 aromatic rings. The highest BCUT2D eigenvalue weighted by Gasteiger charge is 2.27. The number of amides is 1. The minimum absolute atomic E-state index is 0.00206. The molecule has 9 nitrogen and oxygen atoms in total. The van der Waals surface area contributed by atoms with Crippen molar-refractivity contribution < 1.29 is 14.3 Å². The third-order valence-corrected chi connectivity index (χ3v) is 6.06. The molecule has 0 spiro atoms. The predicted octanol–water partition coefficient (Wildman–Crippen LogP) is 2.04. The van der Waals surface area contributed by atoms with Crippen LogP contribution >= 0.6 is 0 Å². The first-order valence-electron chi connectivity index (χ1n) is 10.9. The van der Waals surface area contributed by atoms with Gasteiger partial charge >= 0.3 is 11.7 Å². The highest BCUT2D eigenvalue weighted by atomic mass is 16.5. The highest BCUT2D eigenvalue weighted by molar-refractivity contribution is 6.02. The van der Waals surface area contributed by atoms with Crippen LogP contribution in [-0.2, 0) is 16.1 Å². The fraction of sp³-hybridized carbons (Fsp3) is 0.375. The van der Waals surface area contributed by atoms with Crippen LogP contribution in [0.2, 0.25) is 0 Å². The van der Waals surface area contributed by atoms with Gasteiger partial charge in [-0.05, 0) is 51.3 Å². The minimum Gasteiger partial charge on any atom is -0.465 e. The SMILES string of the molecule is COC(=O)c1cc(C)nc2c1c(=O)n(CC(=O)N1CCCC[C@@H]1C)c(=O)n2-c1ccccc1. The van der Waals surface area contributed by atoms with Gasteiger partial charge in [0, 0.05) is 18.3 Å². The van der Waals surface area contributed by atoms with Crippen molar-refractivity contribution in [1.29, 1.82) is 0 Å². The average Bonchev–Trinajstić information content (AvgIpc) is 2.81. The molecule has 0 saturated carbocycles. The topological polar surface area (TPSA) is 104 Å². The van der Waals surface area contributed by atoms with E-state index in [1.54, 1.807) is 42.2 Å². The number of pyridine rings is 1. The number of nitrogens with zero attached hydrogens (tertiary/aromatic N) is 4. The van der Waals surface area contributed by atoms with Gasteiger partial charge in [-0.3, -0.25) is 9.59 Å². The Morgan fingerprint density at radius 3 is 2.55 bits per heavy atom. The monoisotopic (exact) mass is 450 g/mol. The standard InChI is InChI=1S/C24H26N4O5/c1-15-13-18(23(31)33-3)20-21(25-15)28(17-10-5-4-6-11-17)24(32)27(22(20)30)14-19(29)26-12-8-7-9-16(26)2/h4-6,10-11,13,16H,7-9,12,14H2,1-3H3/t16-/m0/s1. The summed E-state index contributed by atoms with van der Waals surface area (Å²) in [7, 11) is 1.22. The Labute approximate surface area is 190 Å². The lowest BCUT2D eigenvalue weighted by Gasteiger charge is -2.33. The van der Waals surface area contributed by atoms with E-state index in [1.807, 2.05) is 6.92 Å². The van der Waals surface area contributed by atoms with Crippen LogP contribution in [0.15, 0.2) is 46.0 Å². The Morgan fingerprint density at radius 2 is 1.88 bits per heavy atom. The van der Waals surface area contributed by atoms with Gasteiger partial charge in [0.1, 0.15) is 6.54 Å². The molecule has 1 saturated heterocycles. The van der Waals surface area contributed by atoms with Crippen LogP contribution in [0.4, 0.5) is 0 Å². The summed E-state index contributed by atoms with van der Waals surface area (Å²) in [6.07, 6.45) is 2.80. The molecular weight excluding hydrogens is 424 g/mol. The van der Waals surface area contributed by atoms with Gasteiger partial charge in [0.15, 0.2) is 5.65 Å². The molecule has 2 aromatic heterocycles. The number of fused-ring (bicyclic) bond motifs is 1. The number of rotatable bonds is 4. The zero-order valence-electron chi connectivity index (χ0n) is 18.9. The predicted molar refractivity (Wildman–Crippen MR) is 123 cm³/mol. The van der Waals surface area contributed by atoms with E-state index in [9.17, 15) is 19.2 Å². The van der Waals surface area contributed by atoms with Crippen molar-refractivity contribution in [3.05, 3.63) is 68.5 Å². The van der Waals surface area contributed by atoms with Gasteiger partial charge in [-0.25, -0.2) is 23.7 Å². The number of aromatic nitrogens is 3. The Hall–Kier alpha value is -3.75. The summed E-state index contributed by atoms with van der Waals surface area (Å²) in [5.74, 6) is -1.02.